The third kappa shape index (κ3) is 2.47. The number of rotatable bonds is 2. The number of hydrogen-bond acceptors (Lipinski definition) is 2. The van der Waals surface area contributed by atoms with Crippen molar-refractivity contribution in [3.8, 4) is 0 Å². The van der Waals surface area contributed by atoms with Gasteiger partial charge in [0.2, 0.25) is 0 Å². The van der Waals surface area contributed by atoms with Gasteiger partial charge in [-0.05, 0) is 17.8 Å². The molecule has 3 nitrogen and oxygen atoms in total. The summed E-state index contributed by atoms with van der Waals surface area (Å²) in [5, 5.41) is 9.63. The van der Waals surface area contributed by atoms with Gasteiger partial charge in [-0.1, -0.05) is 27.7 Å². The fourth-order valence-electron chi connectivity index (χ4n) is 1.77. The Morgan fingerprint density at radius 2 is 2.00 bits per heavy atom. The Labute approximate surface area is 86.1 Å². The molecule has 1 saturated heterocycles. The number of hydrogen-bond donors (Lipinski definition) is 1. The van der Waals surface area contributed by atoms with Gasteiger partial charge in [0.25, 0.3) is 5.91 Å². The Hall–Kier alpha value is -0.570. The first kappa shape index (κ1) is 11.5. The lowest BCUT2D eigenvalue weighted by Crippen LogP contribution is -2.40. The molecule has 0 aromatic heterocycles. The zero-order valence-corrected chi connectivity index (χ0v) is 9.58. The zero-order valence-electron chi connectivity index (χ0n) is 9.58. The average molecular weight is 199 g/mol. The molecule has 0 aromatic carbocycles. The van der Waals surface area contributed by atoms with Gasteiger partial charge in [0.05, 0.1) is 0 Å². The quantitative estimate of drug-likeness (QED) is 0.727. The van der Waals surface area contributed by atoms with Crippen LogP contribution in [-0.4, -0.2) is 35.1 Å². The highest BCUT2D eigenvalue weighted by Crippen LogP contribution is 2.29. The van der Waals surface area contributed by atoms with Crippen LogP contribution in [-0.2, 0) is 4.79 Å². The Balaban J connectivity index is 2.56. The Kier molecular flexibility index (Phi) is 3.20. The summed E-state index contributed by atoms with van der Waals surface area (Å²) in [5.74, 6) is -0.100. The number of aliphatic hydroxyl groups excluding tert-OH is 1. The summed E-state index contributed by atoms with van der Waals surface area (Å²) in [7, 11) is 0. The second-order valence-corrected chi connectivity index (χ2v) is 5.36. The predicted molar refractivity (Wildman–Crippen MR) is 55.8 cm³/mol. The van der Waals surface area contributed by atoms with Crippen molar-refractivity contribution in [2.24, 2.45) is 11.3 Å². The minimum absolute atomic E-state index is 0.00575. The highest BCUT2D eigenvalue weighted by Gasteiger charge is 2.35. The van der Waals surface area contributed by atoms with Gasteiger partial charge in [-0.25, -0.2) is 0 Å². The van der Waals surface area contributed by atoms with Gasteiger partial charge in [-0.2, -0.15) is 0 Å². The number of amides is 1. The van der Waals surface area contributed by atoms with Crippen molar-refractivity contribution in [3.63, 3.8) is 0 Å². The molecule has 0 saturated carbocycles. The van der Waals surface area contributed by atoms with Crippen LogP contribution in [0.1, 0.15) is 34.1 Å². The predicted octanol–water partition coefficient (Wildman–Crippen LogP) is 1.26. The first-order chi connectivity index (χ1) is 6.33. The lowest BCUT2D eigenvalue weighted by atomic mass is 9.93. The monoisotopic (exact) mass is 199 g/mol. The van der Waals surface area contributed by atoms with E-state index < -0.39 is 6.10 Å². The molecule has 1 fully saturated rings. The van der Waals surface area contributed by atoms with Crippen molar-refractivity contribution in [2.75, 3.05) is 13.1 Å². The molecule has 1 atom stereocenters. The van der Waals surface area contributed by atoms with Gasteiger partial charge in [0, 0.05) is 13.1 Å². The van der Waals surface area contributed by atoms with Gasteiger partial charge >= 0.3 is 0 Å². The second-order valence-electron chi connectivity index (χ2n) is 5.36. The van der Waals surface area contributed by atoms with E-state index >= 15 is 0 Å². The van der Waals surface area contributed by atoms with Crippen LogP contribution >= 0.6 is 0 Å². The van der Waals surface area contributed by atoms with Gasteiger partial charge < -0.3 is 10.0 Å². The summed E-state index contributed by atoms with van der Waals surface area (Å²) in [6.07, 6.45) is 0.202. The largest absolute Gasteiger partial charge is 0.383 e. The number of aliphatic hydroxyl groups is 1. The van der Waals surface area contributed by atoms with Gasteiger partial charge in [-0.3, -0.25) is 4.79 Å². The smallest absolute Gasteiger partial charge is 0.251 e. The summed E-state index contributed by atoms with van der Waals surface area (Å²) in [4.78, 5) is 13.5. The molecular formula is C11H21NO2. The molecule has 14 heavy (non-hydrogen) atoms. The molecule has 1 aliphatic heterocycles. The van der Waals surface area contributed by atoms with Crippen molar-refractivity contribution >= 4 is 5.91 Å². The summed E-state index contributed by atoms with van der Waals surface area (Å²) >= 11 is 0. The topological polar surface area (TPSA) is 40.5 Å². The Bertz CT molecular complexity index is 223. The Morgan fingerprint density at radius 1 is 1.43 bits per heavy atom. The number of nitrogens with zero attached hydrogens (tertiary/aromatic N) is 1. The highest BCUT2D eigenvalue weighted by atomic mass is 16.3. The summed E-state index contributed by atoms with van der Waals surface area (Å²) in [6, 6.07) is 0. The maximum atomic E-state index is 11.8. The normalized spacial score (nSPS) is 22.9. The third-order valence-electron chi connectivity index (χ3n) is 2.87. The molecule has 0 spiro atoms. The van der Waals surface area contributed by atoms with E-state index in [9.17, 15) is 9.90 Å². The molecule has 1 amide bonds. The molecule has 82 valence electrons. The zero-order chi connectivity index (χ0) is 10.9. The van der Waals surface area contributed by atoms with Crippen molar-refractivity contribution < 1.29 is 9.90 Å². The molecular weight excluding hydrogens is 178 g/mol. The van der Waals surface area contributed by atoms with E-state index in [1.54, 1.807) is 4.90 Å². The van der Waals surface area contributed by atoms with Crippen molar-refractivity contribution in [3.05, 3.63) is 0 Å². The van der Waals surface area contributed by atoms with Gasteiger partial charge in [-0.15, -0.1) is 0 Å². The minimum Gasteiger partial charge on any atom is -0.383 e. The van der Waals surface area contributed by atoms with E-state index in [-0.39, 0.29) is 17.2 Å². The molecule has 1 aliphatic rings. The second kappa shape index (κ2) is 3.89. The molecule has 0 bridgehead atoms. The highest BCUT2D eigenvalue weighted by molar-refractivity contribution is 5.81. The summed E-state index contributed by atoms with van der Waals surface area (Å²) < 4.78 is 0. The van der Waals surface area contributed by atoms with Crippen molar-refractivity contribution in [2.45, 2.75) is 40.2 Å². The molecule has 0 aromatic rings. The van der Waals surface area contributed by atoms with E-state index in [4.69, 9.17) is 0 Å². The van der Waals surface area contributed by atoms with E-state index in [2.05, 4.69) is 13.8 Å². The van der Waals surface area contributed by atoms with Crippen LogP contribution in [0, 0.1) is 11.3 Å². The third-order valence-corrected chi connectivity index (χ3v) is 2.87. The van der Waals surface area contributed by atoms with E-state index in [0.717, 1.165) is 19.5 Å². The van der Waals surface area contributed by atoms with Crippen LogP contribution in [0.15, 0.2) is 0 Å². The average Bonchev–Trinajstić information content (AvgIpc) is 2.43. The number of carbonyl (C=O) groups is 1. The maximum absolute atomic E-state index is 11.8. The fraction of sp³-hybridized carbons (Fsp3) is 0.909. The van der Waals surface area contributed by atoms with Gasteiger partial charge in [0.15, 0.2) is 0 Å². The fourth-order valence-corrected chi connectivity index (χ4v) is 1.77. The first-order valence-corrected chi connectivity index (χ1v) is 5.30. The molecule has 0 radical (unpaired) electrons. The van der Waals surface area contributed by atoms with Crippen LogP contribution in [0.2, 0.25) is 0 Å². The van der Waals surface area contributed by atoms with Gasteiger partial charge in [0.1, 0.15) is 6.10 Å². The van der Waals surface area contributed by atoms with E-state index in [0.29, 0.717) is 0 Å². The van der Waals surface area contributed by atoms with Crippen LogP contribution in [0.5, 0.6) is 0 Å². The minimum atomic E-state index is -0.830. The molecule has 0 unspecified atom stereocenters. The Morgan fingerprint density at radius 3 is 2.36 bits per heavy atom. The van der Waals surface area contributed by atoms with Crippen molar-refractivity contribution in [1.82, 2.24) is 4.90 Å². The standard InChI is InChI=1S/C11H21NO2/c1-8(2)9(13)10(14)12-6-5-11(3,4)7-12/h8-9,13H,5-7H2,1-4H3/t9-/m1/s1. The lowest BCUT2D eigenvalue weighted by Gasteiger charge is -2.23. The molecule has 1 heterocycles. The number of carbonyl (C=O) groups excluding carboxylic acids is 1. The lowest BCUT2D eigenvalue weighted by molar-refractivity contribution is -0.141. The maximum Gasteiger partial charge on any atom is 0.251 e. The number of likely N-dealkylation sites (tertiary alicyclic amines) is 1. The summed E-state index contributed by atoms with van der Waals surface area (Å²) in [5.41, 5.74) is 0.215. The van der Waals surface area contributed by atoms with Crippen LogP contribution in [0.3, 0.4) is 0 Å². The molecule has 3 heteroatoms. The first-order valence-electron chi connectivity index (χ1n) is 5.30. The van der Waals surface area contributed by atoms with E-state index in [1.165, 1.54) is 0 Å². The van der Waals surface area contributed by atoms with Crippen LogP contribution < -0.4 is 0 Å². The van der Waals surface area contributed by atoms with Crippen LogP contribution in [0.25, 0.3) is 0 Å². The van der Waals surface area contributed by atoms with E-state index in [1.807, 2.05) is 13.8 Å². The molecule has 0 aliphatic carbocycles. The van der Waals surface area contributed by atoms with Crippen LogP contribution in [0.4, 0.5) is 0 Å². The SMILES string of the molecule is CC(C)[C@@H](O)C(=O)N1CCC(C)(C)C1. The van der Waals surface area contributed by atoms with Crippen molar-refractivity contribution in [1.29, 1.82) is 0 Å². The summed E-state index contributed by atoms with van der Waals surface area (Å²) in [6.45, 7) is 9.60. The molecule has 1 N–H and O–H groups in total. The molecule has 1 rings (SSSR count).